The van der Waals surface area contributed by atoms with Crippen molar-refractivity contribution in [1.82, 2.24) is 15.2 Å². The lowest BCUT2D eigenvalue weighted by atomic mass is 10.2. The average Bonchev–Trinajstić information content (AvgIpc) is 2.83. The molecule has 0 bridgehead atoms. The topological polar surface area (TPSA) is 142 Å². The van der Waals surface area contributed by atoms with E-state index in [4.69, 9.17) is 23.2 Å². The molecule has 2 aromatic carbocycles. The number of benzene rings is 2. The largest absolute Gasteiger partial charge is 0.324 e. The molecule has 3 rings (SSSR count). The number of nitrogens with zero attached hydrogens (tertiary/aromatic N) is 1. The van der Waals surface area contributed by atoms with Gasteiger partial charge in [-0.15, -0.1) is 23.2 Å². The summed E-state index contributed by atoms with van der Waals surface area (Å²) >= 11 is 12.0. The molecule has 37 heavy (non-hydrogen) atoms. The van der Waals surface area contributed by atoms with Crippen LogP contribution >= 0.6 is 23.2 Å². The number of aryl methyl sites for hydroxylation is 1. The van der Waals surface area contributed by atoms with Crippen molar-refractivity contribution in [2.24, 2.45) is 0 Å². The van der Waals surface area contributed by atoms with Crippen LogP contribution in [0.1, 0.15) is 18.1 Å². The van der Waals surface area contributed by atoms with Crippen molar-refractivity contribution in [2.75, 3.05) is 24.7 Å². The maximum atomic E-state index is 13.0. The molecule has 3 atom stereocenters. The summed E-state index contributed by atoms with van der Waals surface area (Å²) in [7, 11) is -7.23. The molecule has 1 aliphatic heterocycles. The molecule has 1 fully saturated rings. The third-order valence-electron chi connectivity index (χ3n) is 5.82. The molecule has 1 aliphatic rings. The molecule has 0 saturated carbocycles. The van der Waals surface area contributed by atoms with Crippen LogP contribution < -0.4 is 15.5 Å². The molecule has 10 nitrogen and oxygen atoms in total. The Labute approximate surface area is 226 Å². The van der Waals surface area contributed by atoms with E-state index < -0.39 is 48.5 Å². The zero-order valence-corrected chi connectivity index (χ0v) is 23.5. The first kappa shape index (κ1) is 29.3. The van der Waals surface area contributed by atoms with E-state index >= 15 is 0 Å². The van der Waals surface area contributed by atoms with Crippen molar-refractivity contribution in [1.29, 1.82) is 0 Å². The standard InChI is InChI=1S/C23H28Cl2N4O6S2/c1-14-4-7-17(28-22(30)15(2)29-23(31)21(25)19(24)13-26-29)12-20(14)37(34,35)27-11-10-16-5-8-18(9-6-16)36(3,32)33/h4-9,12,15,19,21,26-27H,10-11,13H2,1-3H3,(H,28,30)/t15-,19?,21?/m0/s1. The van der Waals surface area contributed by atoms with Gasteiger partial charge in [0, 0.05) is 25.0 Å². The zero-order valence-electron chi connectivity index (χ0n) is 20.4. The molecule has 0 spiro atoms. The van der Waals surface area contributed by atoms with E-state index in [1.807, 2.05) is 0 Å². The van der Waals surface area contributed by atoms with E-state index in [-0.39, 0.29) is 28.6 Å². The van der Waals surface area contributed by atoms with Crippen LogP contribution in [-0.4, -0.2) is 69.8 Å². The second kappa shape index (κ2) is 11.7. The molecule has 2 unspecified atom stereocenters. The van der Waals surface area contributed by atoms with Gasteiger partial charge >= 0.3 is 0 Å². The lowest BCUT2D eigenvalue weighted by molar-refractivity contribution is -0.143. The fourth-order valence-corrected chi connectivity index (χ4v) is 5.93. The predicted molar refractivity (Wildman–Crippen MR) is 142 cm³/mol. The molecule has 2 aromatic rings. The molecule has 2 amide bonds. The number of hydrogen-bond acceptors (Lipinski definition) is 7. The Morgan fingerprint density at radius 1 is 1.14 bits per heavy atom. The molecule has 1 saturated heterocycles. The van der Waals surface area contributed by atoms with Gasteiger partial charge in [0.1, 0.15) is 11.4 Å². The normalized spacial score (nSPS) is 19.5. The van der Waals surface area contributed by atoms with Crippen molar-refractivity contribution < 1.29 is 26.4 Å². The number of hydrogen-bond donors (Lipinski definition) is 3. The van der Waals surface area contributed by atoms with Gasteiger partial charge in [0.25, 0.3) is 5.91 Å². The summed E-state index contributed by atoms with van der Waals surface area (Å²) in [6.07, 6.45) is 1.46. The Bertz CT molecular complexity index is 1380. The van der Waals surface area contributed by atoms with Crippen molar-refractivity contribution in [3.8, 4) is 0 Å². The number of rotatable bonds is 9. The van der Waals surface area contributed by atoms with Gasteiger partial charge in [-0.05, 0) is 55.7 Å². The van der Waals surface area contributed by atoms with Crippen LogP contribution in [-0.2, 0) is 35.9 Å². The molecule has 0 aliphatic carbocycles. The fraction of sp³-hybridized carbons (Fsp3) is 0.391. The van der Waals surface area contributed by atoms with Gasteiger partial charge in [0.2, 0.25) is 15.9 Å². The molecule has 1 heterocycles. The highest BCUT2D eigenvalue weighted by molar-refractivity contribution is 7.90. The second-order valence-corrected chi connectivity index (χ2v) is 13.5. The maximum Gasteiger partial charge on any atom is 0.257 e. The number of sulfonamides is 1. The van der Waals surface area contributed by atoms with Crippen LogP contribution in [0.15, 0.2) is 52.3 Å². The average molecular weight is 592 g/mol. The lowest BCUT2D eigenvalue weighted by Crippen LogP contribution is -2.62. The van der Waals surface area contributed by atoms with Gasteiger partial charge < -0.3 is 5.32 Å². The number of hydrazine groups is 1. The van der Waals surface area contributed by atoms with E-state index in [1.54, 1.807) is 31.2 Å². The molecular formula is C23H28Cl2N4O6S2. The second-order valence-electron chi connectivity index (χ2n) is 8.70. The van der Waals surface area contributed by atoms with Crippen molar-refractivity contribution in [3.05, 3.63) is 53.6 Å². The van der Waals surface area contributed by atoms with Crippen LogP contribution in [0.3, 0.4) is 0 Å². The quantitative estimate of drug-likeness (QED) is 0.378. The minimum Gasteiger partial charge on any atom is -0.324 e. The molecule has 3 N–H and O–H groups in total. The Kier molecular flexibility index (Phi) is 9.25. The Morgan fingerprint density at radius 2 is 1.78 bits per heavy atom. The van der Waals surface area contributed by atoms with Crippen LogP contribution in [0.25, 0.3) is 0 Å². The third-order valence-corrected chi connectivity index (χ3v) is 9.57. The van der Waals surface area contributed by atoms with Crippen LogP contribution in [0.4, 0.5) is 5.69 Å². The Morgan fingerprint density at radius 3 is 2.41 bits per heavy atom. The van der Waals surface area contributed by atoms with Crippen molar-refractivity contribution in [3.63, 3.8) is 0 Å². The summed E-state index contributed by atoms with van der Waals surface area (Å²) < 4.78 is 51.6. The summed E-state index contributed by atoms with van der Waals surface area (Å²) in [5, 5.41) is 2.17. The van der Waals surface area contributed by atoms with Gasteiger partial charge in [-0.3, -0.25) is 14.6 Å². The molecule has 0 radical (unpaired) electrons. The van der Waals surface area contributed by atoms with Crippen LogP contribution in [0.5, 0.6) is 0 Å². The number of sulfone groups is 1. The monoisotopic (exact) mass is 590 g/mol. The molecular weight excluding hydrogens is 563 g/mol. The van der Waals surface area contributed by atoms with Gasteiger partial charge in [-0.2, -0.15) is 0 Å². The predicted octanol–water partition coefficient (Wildman–Crippen LogP) is 1.81. The minimum atomic E-state index is -3.92. The van der Waals surface area contributed by atoms with Crippen molar-refractivity contribution >= 4 is 60.6 Å². The van der Waals surface area contributed by atoms with E-state index in [0.717, 1.165) is 16.8 Å². The van der Waals surface area contributed by atoms with Gasteiger partial charge in [-0.1, -0.05) is 18.2 Å². The number of amides is 2. The summed E-state index contributed by atoms with van der Waals surface area (Å²) in [5.41, 5.74) is 4.26. The highest BCUT2D eigenvalue weighted by Gasteiger charge is 2.38. The Hall–Kier alpha value is -2.22. The van der Waals surface area contributed by atoms with E-state index in [2.05, 4.69) is 15.5 Å². The highest BCUT2D eigenvalue weighted by atomic mass is 35.5. The number of halogens is 2. The third kappa shape index (κ3) is 7.21. The van der Waals surface area contributed by atoms with Gasteiger partial charge in [0.15, 0.2) is 9.84 Å². The van der Waals surface area contributed by atoms with Gasteiger partial charge in [-0.25, -0.2) is 27.0 Å². The van der Waals surface area contributed by atoms with E-state index in [1.165, 1.54) is 25.1 Å². The smallest absolute Gasteiger partial charge is 0.257 e. The zero-order chi connectivity index (χ0) is 27.5. The van der Waals surface area contributed by atoms with E-state index in [0.29, 0.717) is 12.0 Å². The van der Waals surface area contributed by atoms with Crippen molar-refractivity contribution in [2.45, 2.75) is 46.9 Å². The molecule has 0 aromatic heterocycles. The Balaban J connectivity index is 1.65. The first-order valence-electron chi connectivity index (χ1n) is 11.3. The maximum absolute atomic E-state index is 13.0. The molecule has 14 heteroatoms. The lowest BCUT2D eigenvalue weighted by Gasteiger charge is -2.36. The first-order valence-corrected chi connectivity index (χ1v) is 15.5. The minimum absolute atomic E-state index is 0.0108. The number of carbonyl (C=O) groups excluding carboxylic acids is 2. The van der Waals surface area contributed by atoms with E-state index in [9.17, 15) is 26.4 Å². The van der Waals surface area contributed by atoms with Crippen LogP contribution in [0, 0.1) is 6.92 Å². The van der Waals surface area contributed by atoms with Gasteiger partial charge in [0.05, 0.1) is 15.2 Å². The number of anilines is 1. The summed E-state index contributed by atoms with van der Waals surface area (Å²) in [5.74, 6) is -1.08. The number of alkyl halides is 2. The number of carbonyl (C=O) groups is 2. The SMILES string of the molecule is Cc1ccc(NC(=O)[C@H](C)N2NCC(Cl)C(Cl)C2=O)cc1S(=O)(=O)NCCc1ccc(S(C)(=O)=O)cc1. The summed E-state index contributed by atoms with van der Waals surface area (Å²) in [6.45, 7) is 3.43. The highest BCUT2D eigenvalue weighted by Crippen LogP contribution is 2.22. The van der Waals surface area contributed by atoms with Crippen LogP contribution in [0.2, 0.25) is 0 Å². The summed E-state index contributed by atoms with van der Waals surface area (Å²) in [6, 6.07) is 9.75. The molecule has 202 valence electrons. The summed E-state index contributed by atoms with van der Waals surface area (Å²) in [4.78, 5) is 25.3. The fourth-order valence-electron chi connectivity index (χ4n) is 3.62. The number of nitrogens with one attached hydrogen (secondary N) is 3. The first-order chi connectivity index (χ1) is 17.2.